The Morgan fingerprint density at radius 1 is 0.882 bits per heavy atom. The Labute approximate surface area is 302 Å². The Bertz CT molecular complexity index is 1650. The van der Waals surface area contributed by atoms with Crippen LogP contribution >= 0.6 is 11.3 Å². The zero-order chi connectivity index (χ0) is 36.9. The van der Waals surface area contributed by atoms with Crippen molar-refractivity contribution in [2.75, 3.05) is 7.05 Å². The van der Waals surface area contributed by atoms with E-state index in [2.05, 4.69) is 39.8 Å². The van der Waals surface area contributed by atoms with Crippen LogP contribution < -0.4 is 16.0 Å². The molecule has 0 radical (unpaired) electrons. The number of aliphatic hydroxyl groups is 2. The van der Waals surface area contributed by atoms with Crippen LogP contribution in [0.1, 0.15) is 61.2 Å². The molecule has 0 unspecified atom stereocenters. The highest BCUT2D eigenvalue weighted by Gasteiger charge is 2.36. The number of aliphatic hydroxyl groups excluding tert-OH is 2. The topological polar surface area (TPSA) is 179 Å². The van der Waals surface area contributed by atoms with Gasteiger partial charge in [-0.3, -0.25) is 4.79 Å². The van der Waals surface area contributed by atoms with Crippen LogP contribution in [0.5, 0.6) is 0 Å². The fourth-order valence-electron chi connectivity index (χ4n) is 5.40. The molecule has 0 spiro atoms. The molecule has 5 atom stereocenters. The van der Waals surface area contributed by atoms with Gasteiger partial charge in [0.05, 0.1) is 35.5 Å². The lowest BCUT2D eigenvalue weighted by Crippen LogP contribution is -2.60. The van der Waals surface area contributed by atoms with Crippen molar-refractivity contribution in [1.82, 2.24) is 30.8 Å². The monoisotopic (exact) mass is 720 g/mol. The van der Waals surface area contributed by atoms with Gasteiger partial charge >= 0.3 is 12.1 Å². The molecular formula is C37H48N6O7S. The number of oxazole rings is 1. The first-order chi connectivity index (χ1) is 24.4. The fraction of sp³-hybridized carbons (Fsp3) is 0.432. The van der Waals surface area contributed by atoms with E-state index in [0.29, 0.717) is 5.76 Å². The van der Waals surface area contributed by atoms with Gasteiger partial charge in [0.15, 0.2) is 18.8 Å². The number of hydrogen-bond donors (Lipinski definition) is 5. The Hall–Kier alpha value is -4.79. The zero-order valence-electron chi connectivity index (χ0n) is 29.6. The lowest BCUT2D eigenvalue weighted by atomic mass is 9.90. The number of rotatable bonds is 17. The molecule has 0 saturated carbocycles. The number of urea groups is 1. The summed E-state index contributed by atoms with van der Waals surface area (Å²) in [6.07, 6.45) is -1.01. The molecule has 51 heavy (non-hydrogen) atoms. The first-order valence-electron chi connectivity index (χ1n) is 16.9. The summed E-state index contributed by atoms with van der Waals surface area (Å²) in [7, 11) is 1.63. The van der Waals surface area contributed by atoms with Gasteiger partial charge in [0.2, 0.25) is 5.91 Å². The quantitative estimate of drug-likeness (QED) is 0.106. The molecular weight excluding hydrogens is 673 g/mol. The van der Waals surface area contributed by atoms with Gasteiger partial charge in [-0.2, -0.15) is 0 Å². The van der Waals surface area contributed by atoms with Gasteiger partial charge in [-0.25, -0.2) is 19.6 Å². The Morgan fingerprint density at radius 3 is 1.98 bits per heavy atom. The minimum Gasteiger partial charge on any atom is -0.445 e. The maximum atomic E-state index is 13.9. The van der Waals surface area contributed by atoms with Gasteiger partial charge in [-0.05, 0) is 29.9 Å². The number of carbonyl (C=O) groups is 3. The molecule has 4 rings (SSSR count). The van der Waals surface area contributed by atoms with E-state index in [9.17, 15) is 24.6 Å². The Morgan fingerprint density at radius 2 is 1.47 bits per heavy atom. The van der Waals surface area contributed by atoms with Gasteiger partial charge in [-0.1, -0.05) is 88.4 Å². The predicted molar refractivity (Wildman–Crippen MR) is 193 cm³/mol. The van der Waals surface area contributed by atoms with Crippen molar-refractivity contribution >= 4 is 29.4 Å². The van der Waals surface area contributed by atoms with Gasteiger partial charge in [-0.15, -0.1) is 11.3 Å². The van der Waals surface area contributed by atoms with Crippen LogP contribution in [0, 0.1) is 5.92 Å². The van der Waals surface area contributed by atoms with Crippen molar-refractivity contribution < 1.29 is 33.8 Å². The molecule has 13 nitrogen and oxygen atoms in total. The van der Waals surface area contributed by atoms with Crippen LogP contribution in [-0.4, -0.2) is 80.5 Å². The number of alkyl carbamates (subject to hydrolysis) is 1. The summed E-state index contributed by atoms with van der Waals surface area (Å²) in [6, 6.07) is 14.9. The molecule has 0 fully saturated rings. The molecule has 2 aromatic carbocycles. The Balaban J connectivity index is 1.50. The normalized spacial score (nSPS) is 14.3. The van der Waals surface area contributed by atoms with Gasteiger partial charge in [0.25, 0.3) is 0 Å². The highest BCUT2D eigenvalue weighted by Crippen LogP contribution is 2.20. The lowest BCUT2D eigenvalue weighted by molar-refractivity contribution is -0.126. The van der Waals surface area contributed by atoms with E-state index in [-0.39, 0.29) is 37.8 Å². The molecule has 14 heteroatoms. The molecule has 2 heterocycles. The summed E-state index contributed by atoms with van der Waals surface area (Å²) in [5.41, 5.74) is 2.34. The van der Waals surface area contributed by atoms with Crippen LogP contribution in [0.2, 0.25) is 0 Å². The van der Waals surface area contributed by atoms with E-state index in [1.165, 1.54) is 17.5 Å². The minimum absolute atomic E-state index is 0.150. The third-order valence-electron chi connectivity index (χ3n) is 8.27. The molecule has 0 saturated heterocycles. The highest BCUT2D eigenvalue weighted by atomic mass is 32.1. The first-order valence-corrected chi connectivity index (χ1v) is 17.8. The maximum Gasteiger partial charge on any atom is 0.407 e. The van der Waals surface area contributed by atoms with E-state index < -0.39 is 48.4 Å². The number of nitrogens with zero attached hydrogens (tertiary/aromatic N) is 3. The van der Waals surface area contributed by atoms with Crippen molar-refractivity contribution in [2.24, 2.45) is 5.92 Å². The number of hydrogen-bond acceptors (Lipinski definition) is 10. The second-order valence-electron chi connectivity index (χ2n) is 13.1. The summed E-state index contributed by atoms with van der Waals surface area (Å²) in [4.78, 5) is 49.9. The third-order valence-corrected chi connectivity index (χ3v) is 9.46. The second-order valence-corrected chi connectivity index (χ2v) is 14.0. The SMILES string of the molecule is CC(C)c1nc(CN(C)C(=O)N[C@H](C(=O)N[C@@H](Cc2ccccc2)[C@@H](O)[C@H](O)[C@H](Cc2ccccc2)NC(=O)OCc2cnco2)C(C)C)cs1. The summed E-state index contributed by atoms with van der Waals surface area (Å²) in [5, 5.41) is 34.7. The van der Waals surface area contributed by atoms with Crippen molar-refractivity contribution in [3.05, 3.63) is 106 Å². The van der Waals surface area contributed by atoms with Crippen LogP contribution in [-0.2, 0) is 35.5 Å². The van der Waals surface area contributed by atoms with Crippen LogP contribution in [0.3, 0.4) is 0 Å². The van der Waals surface area contributed by atoms with Gasteiger partial charge in [0, 0.05) is 18.3 Å². The minimum atomic E-state index is -1.55. The highest BCUT2D eigenvalue weighted by molar-refractivity contribution is 7.09. The average molecular weight is 721 g/mol. The number of thiazole rings is 1. The largest absolute Gasteiger partial charge is 0.445 e. The average Bonchev–Trinajstić information content (AvgIpc) is 3.82. The van der Waals surface area contributed by atoms with E-state index in [1.807, 2.05) is 79.9 Å². The summed E-state index contributed by atoms with van der Waals surface area (Å²) in [5.74, 6) is -0.246. The summed E-state index contributed by atoms with van der Waals surface area (Å²) < 4.78 is 10.4. The molecule has 274 valence electrons. The molecule has 4 aromatic rings. The molecule has 5 N–H and O–H groups in total. The number of carbonyl (C=O) groups excluding carboxylic acids is 3. The third kappa shape index (κ3) is 11.9. The molecule has 4 amide bonds. The van der Waals surface area contributed by atoms with Crippen LogP contribution in [0.15, 0.2) is 83.1 Å². The fourth-order valence-corrected chi connectivity index (χ4v) is 6.22. The molecule has 2 aromatic heterocycles. The molecule has 0 bridgehead atoms. The number of nitrogens with one attached hydrogen (secondary N) is 3. The summed E-state index contributed by atoms with van der Waals surface area (Å²) in [6.45, 7) is 7.81. The molecule has 0 aliphatic carbocycles. The summed E-state index contributed by atoms with van der Waals surface area (Å²) >= 11 is 1.54. The van der Waals surface area contributed by atoms with Crippen molar-refractivity contribution in [3.8, 4) is 0 Å². The first kappa shape index (κ1) is 39.0. The van der Waals surface area contributed by atoms with E-state index >= 15 is 0 Å². The smallest absolute Gasteiger partial charge is 0.407 e. The Kier molecular flexibility index (Phi) is 14.5. The number of benzene rings is 2. The van der Waals surface area contributed by atoms with Crippen LogP contribution in [0.4, 0.5) is 9.59 Å². The van der Waals surface area contributed by atoms with Gasteiger partial charge < -0.3 is 40.2 Å². The molecule has 0 aliphatic rings. The zero-order valence-corrected chi connectivity index (χ0v) is 30.4. The number of amides is 4. The number of aromatic nitrogens is 2. The molecule has 0 aliphatic heterocycles. The lowest BCUT2D eigenvalue weighted by Gasteiger charge is -2.34. The van der Waals surface area contributed by atoms with Gasteiger partial charge in [0.1, 0.15) is 18.2 Å². The number of ether oxygens (including phenoxy) is 1. The van der Waals surface area contributed by atoms with Crippen molar-refractivity contribution in [1.29, 1.82) is 0 Å². The van der Waals surface area contributed by atoms with E-state index in [4.69, 9.17) is 9.15 Å². The van der Waals surface area contributed by atoms with E-state index in [1.54, 1.807) is 18.4 Å². The van der Waals surface area contributed by atoms with Crippen LogP contribution in [0.25, 0.3) is 0 Å². The van der Waals surface area contributed by atoms with Crippen molar-refractivity contribution in [3.63, 3.8) is 0 Å². The van der Waals surface area contributed by atoms with Crippen molar-refractivity contribution in [2.45, 2.75) is 89.9 Å². The second kappa shape index (κ2) is 19.0. The maximum absolute atomic E-state index is 13.9. The predicted octanol–water partition coefficient (Wildman–Crippen LogP) is 4.41. The van der Waals surface area contributed by atoms with E-state index in [0.717, 1.165) is 21.8 Å². The standard InChI is InChI=1S/C37H48N6O7S/c1-23(2)31(42-36(47)43(5)19-27-21-51-35(39-27)24(3)4)34(46)40-29(16-25-12-8-6-9-13-25)32(44)33(45)30(17-26-14-10-7-11-15-26)41-37(48)49-20-28-18-38-22-50-28/h6-15,18,21-24,29-33,44-45H,16-17,19-20H2,1-5H3,(H,40,46)(H,41,48)(H,42,47)/t29-,30-,31-,32+,33+/m0/s1.